The number of rotatable bonds is 7. The van der Waals surface area contributed by atoms with Crippen LogP contribution < -0.4 is 5.73 Å². The van der Waals surface area contributed by atoms with Crippen molar-refractivity contribution in [2.24, 2.45) is 11.7 Å². The summed E-state index contributed by atoms with van der Waals surface area (Å²) in [6.45, 7) is 5.65. The average molecular weight is 291 g/mol. The first-order chi connectivity index (χ1) is 9.83. The van der Waals surface area contributed by atoms with Crippen molar-refractivity contribution in [1.82, 2.24) is 0 Å². The second kappa shape index (κ2) is 7.93. The Bertz CT molecular complexity index is 463. The number of Topliss-reactive ketones (excluding diaryl/α,β-unsaturated/α-hetero) is 1. The molecule has 0 spiro atoms. The van der Waals surface area contributed by atoms with Crippen LogP contribution in [0.4, 0.5) is 0 Å². The number of carbonyl (C=O) groups excluding carboxylic acids is 2. The largest absolute Gasteiger partial charge is 0.459 e. The summed E-state index contributed by atoms with van der Waals surface area (Å²) in [5.41, 5.74) is 5.94. The number of aryl methyl sites for hydroxylation is 1. The van der Waals surface area contributed by atoms with Gasteiger partial charge in [0.1, 0.15) is 17.3 Å². The summed E-state index contributed by atoms with van der Waals surface area (Å²) in [6.07, 6.45) is 1.33. The van der Waals surface area contributed by atoms with Gasteiger partial charge in [-0.05, 0) is 45.7 Å². The molecule has 0 amide bonds. The summed E-state index contributed by atoms with van der Waals surface area (Å²) in [5, 5.41) is 0. The van der Waals surface area contributed by atoms with E-state index in [1.165, 1.54) is 0 Å². The number of benzene rings is 1. The molecule has 4 nitrogen and oxygen atoms in total. The Balaban J connectivity index is 2.73. The first kappa shape index (κ1) is 17.4. The number of hydrogen-bond acceptors (Lipinski definition) is 4. The van der Waals surface area contributed by atoms with Crippen LogP contribution in [-0.4, -0.2) is 23.9 Å². The van der Waals surface area contributed by atoms with Crippen molar-refractivity contribution in [2.75, 3.05) is 6.54 Å². The molecule has 4 heteroatoms. The summed E-state index contributed by atoms with van der Waals surface area (Å²) in [7, 11) is 0. The Morgan fingerprint density at radius 2 is 1.81 bits per heavy atom. The lowest BCUT2D eigenvalue weighted by atomic mass is 9.93. The number of nitrogens with two attached hydrogens (primary N) is 1. The second-order valence-corrected chi connectivity index (χ2v) is 6.12. The third-order valence-corrected chi connectivity index (χ3v) is 3.04. The molecular weight excluding hydrogens is 266 g/mol. The van der Waals surface area contributed by atoms with E-state index in [4.69, 9.17) is 10.5 Å². The summed E-state index contributed by atoms with van der Waals surface area (Å²) < 4.78 is 5.36. The van der Waals surface area contributed by atoms with Crippen LogP contribution in [0.1, 0.15) is 39.2 Å². The van der Waals surface area contributed by atoms with Gasteiger partial charge in [-0.2, -0.15) is 0 Å². The zero-order valence-electron chi connectivity index (χ0n) is 13.1. The molecule has 0 heterocycles. The van der Waals surface area contributed by atoms with E-state index in [2.05, 4.69) is 0 Å². The smallest absolute Gasteiger partial charge is 0.317 e. The van der Waals surface area contributed by atoms with Gasteiger partial charge < -0.3 is 10.5 Å². The van der Waals surface area contributed by atoms with E-state index in [0.29, 0.717) is 12.8 Å². The molecule has 116 valence electrons. The van der Waals surface area contributed by atoms with Crippen molar-refractivity contribution in [3.05, 3.63) is 35.9 Å². The molecule has 2 N–H and O–H groups in total. The number of ether oxygens (including phenoxy) is 1. The Morgan fingerprint density at radius 3 is 2.33 bits per heavy atom. The van der Waals surface area contributed by atoms with Crippen LogP contribution in [-0.2, 0) is 20.7 Å². The molecular formula is C17H25NO3. The van der Waals surface area contributed by atoms with Gasteiger partial charge in [0, 0.05) is 6.42 Å². The standard InChI is InChI=1S/C17H25NO3/c1-17(2,3)21-16(20)14(15(19)11-12-18)10-9-13-7-5-4-6-8-13/h4-8,14H,9-12,18H2,1-3H3. The zero-order valence-corrected chi connectivity index (χ0v) is 13.1. The highest BCUT2D eigenvalue weighted by molar-refractivity contribution is 5.99. The van der Waals surface area contributed by atoms with Crippen molar-refractivity contribution in [1.29, 1.82) is 0 Å². The number of esters is 1. The normalized spacial score (nSPS) is 12.8. The van der Waals surface area contributed by atoms with E-state index in [9.17, 15) is 9.59 Å². The van der Waals surface area contributed by atoms with Gasteiger partial charge in [0.25, 0.3) is 0 Å². The number of carbonyl (C=O) groups is 2. The molecule has 0 radical (unpaired) electrons. The minimum Gasteiger partial charge on any atom is -0.459 e. The second-order valence-electron chi connectivity index (χ2n) is 6.12. The van der Waals surface area contributed by atoms with E-state index in [0.717, 1.165) is 5.56 Å². The summed E-state index contributed by atoms with van der Waals surface area (Å²) in [4.78, 5) is 24.3. The van der Waals surface area contributed by atoms with Crippen molar-refractivity contribution in [2.45, 2.75) is 45.6 Å². The fourth-order valence-electron chi connectivity index (χ4n) is 2.06. The van der Waals surface area contributed by atoms with Crippen LogP contribution in [0.15, 0.2) is 30.3 Å². The van der Waals surface area contributed by atoms with E-state index >= 15 is 0 Å². The van der Waals surface area contributed by atoms with Crippen molar-refractivity contribution in [3.63, 3.8) is 0 Å². The molecule has 0 aromatic heterocycles. The quantitative estimate of drug-likeness (QED) is 0.619. The van der Waals surface area contributed by atoms with Gasteiger partial charge in [0.15, 0.2) is 0 Å². The van der Waals surface area contributed by atoms with Crippen molar-refractivity contribution >= 4 is 11.8 Å². The minimum atomic E-state index is -0.729. The molecule has 0 saturated carbocycles. The van der Waals surface area contributed by atoms with Crippen molar-refractivity contribution in [3.8, 4) is 0 Å². The minimum absolute atomic E-state index is 0.136. The molecule has 0 aliphatic heterocycles. The Hall–Kier alpha value is -1.68. The highest BCUT2D eigenvalue weighted by atomic mass is 16.6. The third-order valence-electron chi connectivity index (χ3n) is 3.04. The summed E-state index contributed by atoms with van der Waals surface area (Å²) in [5.74, 6) is -1.31. The topological polar surface area (TPSA) is 69.4 Å². The van der Waals surface area contributed by atoms with E-state index in [-0.39, 0.29) is 18.7 Å². The van der Waals surface area contributed by atoms with Crippen LogP contribution in [0.5, 0.6) is 0 Å². The molecule has 0 aliphatic carbocycles. The molecule has 0 aliphatic rings. The molecule has 0 saturated heterocycles. The maximum Gasteiger partial charge on any atom is 0.317 e. The SMILES string of the molecule is CC(C)(C)OC(=O)C(CCc1ccccc1)C(=O)CCN. The van der Waals surface area contributed by atoms with E-state index < -0.39 is 17.5 Å². The molecule has 21 heavy (non-hydrogen) atoms. The number of hydrogen-bond donors (Lipinski definition) is 1. The molecule has 1 rings (SSSR count). The highest BCUT2D eigenvalue weighted by Gasteiger charge is 2.30. The molecule has 1 aromatic rings. The van der Waals surface area contributed by atoms with Gasteiger partial charge in [-0.1, -0.05) is 30.3 Å². The lowest BCUT2D eigenvalue weighted by molar-refractivity contribution is -0.162. The van der Waals surface area contributed by atoms with Crippen LogP contribution in [0.25, 0.3) is 0 Å². The van der Waals surface area contributed by atoms with Gasteiger partial charge in [-0.3, -0.25) is 9.59 Å². The molecule has 1 unspecified atom stereocenters. The predicted molar refractivity (Wildman–Crippen MR) is 82.8 cm³/mol. The molecule has 1 aromatic carbocycles. The average Bonchev–Trinajstić information content (AvgIpc) is 2.38. The fraction of sp³-hybridized carbons (Fsp3) is 0.529. The van der Waals surface area contributed by atoms with Crippen LogP contribution >= 0.6 is 0 Å². The van der Waals surface area contributed by atoms with Gasteiger partial charge in [-0.25, -0.2) is 0 Å². The maximum atomic E-state index is 12.2. The Labute approximate surface area is 126 Å². The highest BCUT2D eigenvalue weighted by Crippen LogP contribution is 2.18. The first-order valence-corrected chi connectivity index (χ1v) is 7.33. The predicted octanol–water partition coefficient (Wildman–Crippen LogP) is 2.50. The van der Waals surface area contributed by atoms with Gasteiger partial charge in [0.05, 0.1) is 0 Å². The van der Waals surface area contributed by atoms with Crippen LogP contribution in [0.2, 0.25) is 0 Å². The molecule has 0 fully saturated rings. The van der Waals surface area contributed by atoms with Crippen LogP contribution in [0, 0.1) is 5.92 Å². The number of ketones is 1. The zero-order chi connectivity index (χ0) is 15.9. The summed E-state index contributed by atoms with van der Waals surface area (Å²) in [6, 6.07) is 9.80. The van der Waals surface area contributed by atoms with Crippen molar-refractivity contribution < 1.29 is 14.3 Å². The van der Waals surface area contributed by atoms with E-state index in [1.807, 2.05) is 30.3 Å². The molecule has 0 bridgehead atoms. The monoisotopic (exact) mass is 291 g/mol. The van der Waals surface area contributed by atoms with Gasteiger partial charge >= 0.3 is 5.97 Å². The maximum absolute atomic E-state index is 12.2. The Morgan fingerprint density at radius 1 is 1.19 bits per heavy atom. The molecule has 1 atom stereocenters. The lowest BCUT2D eigenvalue weighted by Gasteiger charge is -2.23. The fourth-order valence-corrected chi connectivity index (χ4v) is 2.06. The first-order valence-electron chi connectivity index (χ1n) is 7.33. The third kappa shape index (κ3) is 6.54. The Kier molecular flexibility index (Phi) is 6.56. The lowest BCUT2D eigenvalue weighted by Crippen LogP contribution is -2.33. The van der Waals surface area contributed by atoms with Gasteiger partial charge in [-0.15, -0.1) is 0 Å². The van der Waals surface area contributed by atoms with Crippen LogP contribution in [0.3, 0.4) is 0 Å². The van der Waals surface area contributed by atoms with E-state index in [1.54, 1.807) is 20.8 Å². The van der Waals surface area contributed by atoms with Gasteiger partial charge in [0.2, 0.25) is 0 Å². The summed E-state index contributed by atoms with van der Waals surface area (Å²) >= 11 is 0.